The van der Waals surface area contributed by atoms with Gasteiger partial charge in [0.1, 0.15) is 0 Å². The molecular formula is C13H29N3O. The lowest BCUT2D eigenvalue weighted by Crippen LogP contribution is -2.46. The van der Waals surface area contributed by atoms with E-state index in [1.54, 1.807) is 0 Å². The van der Waals surface area contributed by atoms with Gasteiger partial charge >= 0.3 is 6.03 Å². The molecule has 0 heterocycles. The Balaban J connectivity index is 4.22. The van der Waals surface area contributed by atoms with Crippen LogP contribution in [0.5, 0.6) is 0 Å². The van der Waals surface area contributed by atoms with Crippen molar-refractivity contribution in [3.05, 3.63) is 0 Å². The molecule has 0 saturated carbocycles. The van der Waals surface area contributed by atoms with Gasteiger partial charge in [-0.2, -0.15) is 0 Å². The zero-order valence-electron chi connectivity index (χ0n) is 11.9. The highest BCUT2D eigenvalue weighted by atomic mass is 16.2. The number of rotatable bonds is 7. The molecule has 0 spiro atoms. The Morgan fingerprint density at radius 2 is 1.53 bits per heavy atom. The lowest BCUT2D eigenvalue weighted by molar-refractivity contribution is 0.230. The normalized spacial score (nSPS) is 14.8. The minimum atomic E-state index is -0.285. The predicted octanol–water partition coefficient (Wildman–Crippen LogP) is 2.65. The first-order chi connectivity index (χ1) is 7.85. The van der Waals surface area contributed by atoms with Crippen molar-refractivity contribution in [3.63, 3.8) is 0 Å². The molecule has 102 valence electrons. The van der Waals surface area contributed by atoms with Crippen molar-refractivity contribution in [1.29, 1.82) is 0 Å². The van der Waals surface area contributed by atoms with Crippen LogP contribution in [0, 0.1) is 17.8 Å². The first-order valence-corrected chi connectivity index (χ1v) is 6.62. The molecule has 2 unspecified atom stereocenters. The summed E-state index contributed by atoms with van der Waals surface area (Å²) in [6.45, 7) is 11.0. The lowest BCUT2D eigenvalue weighted by Gasteiger charge is -2.24. The van der Waals surface area contributed by atoms with Gasteiger partial charge in [0, 0.05) is 6.04 Å². The van der Waals surface area contributed by atoms with Crippen LogP contribution in [0.1, 0.15) is 53.9 Å². The third kappa shape index (κ3) is 8.98. The quantitative estimate of drug-likeness (QED) is 0.365. The molecule has 0 aromatic carbocycles. The van der Waals surface area contributed by atoms with E-state index in [0.717, 1.165) is 12.8 Å². The molecule has 17 heavy (non-hydrogen) atoms. The fourth-order valence-corrected chi connectivity index (χ4v) is 2.40. The summed E-state index contributed by atoms with van der Waals surface area (Å²) in [5.41, 5.74) is 2.13. The number of urea groups is 1. The Morgan fingerprint density at radius 1 is 1.00 bits per heavy atom. The van der Waals surface area contributed by atoms with Crippen LogP contribution in [-0.2, 0) is 0 Å². The topological polar surface area (TPSA) is 67.2 Å². The van der Waals surface area contributed by atoms with E-state index in [9.17, 15) is 4.79 Å². The van der Waals surface area contributed by atoms with Crippen LogP contribution in [0.3, 0.4) is 0 Å². The number of carbonyl (C=O) groups excluding carboxylic acids is 1. The van der Waals surface area contributed by atoms with Crippen LogP contribution >= 0.6 is 0 Å². The standard InChI is InChI=1S/C13H29N3O/c1-9(2)6-11(5)8-12(7-10(3)4)15-13(17)16-14/h9-12H,6-8,14H2,1-5H3,(H2,15,16,17). The Hall–Kier alpha value is -0.770. The maximum absolute atomic E-state index is 11.3. The Morgan fingerprint density at radius 3 is 1.94 bits per heavy atom. The van der Waals surface area contributed by atoms with Gasteiger partial charge < -0.3 is 5.32 Å². The van der Waals surface area contributed by atoms with E-state index in [1.807, 2.05) is 0 Å². The van der Waals surface area contributed by atoms with E-state index in [0.29, 0.717) is 17.8 Å². The summed E-state index contributed by atoms with van der Waals surface area (Å²) in [4.78, 5) is 11.3. The van der Waals surface area contributed by atoms with Crippen LogP contribution in [0.25, 0.3) is 0 Å². The van der Waals surface area contributed by atoms with Crippen molar-refractivity contribution in [2.24, 2.45) is 23.6 Å². The fraction of sp³-hybridized carbons (Fsp3) is 0.923. The van der Waals surface area contributed by atoms with Crippen molar-refractivity contribution in [2.45, 2.75) is 59.9 Å². The van der Waals surface area contributed by atoms with Crippen LogP contribution in [-0.4, -0.2) is 12.1 Å². The number of carbonyl (C=O) groups is 1. The van der Waals surface area contributed by atoms with E-state index in [1.165, 1.54) is 6.42 Å². The zero-order valence-corrected chi connectivity index (χ0v) is 11.9. The molecule has 0 rings (SSSR count). The molecule has 0 aromatic heterocycles. The maximum atomic E-state index is 11.3. The van der Waals surface area contributed by atoms with Gasteiger partial charge in [-0.05, 0) is 37.0 Å². The summed E-state index contributed by atoms with van der Waals surface area (Å²) in [6, 6.07) is -0.0697. The summed E-state index contributed by atoms with van der Waals surface area (Å²) in [5, 5.41) is 2.93. The third-order valence-electron chi connectivity index (χ3n) is 2.78. The maximum Gasteiger partial charge on any atom is 0.329 e. The molecule has 2 amide bonds. The van der Waals surface area contributed by atoms with Crippen LogP contribution in [0.4, 0.5) is 4.79 Å². The van der Waals surface area contributed by atoms with E-state index < -0.39 is 0 Å². The van der Waals surface area contributed by atoms with Gasteiger partial charge in [0.05, 0.1) is 0 Å². The van der Waals surface area contributed by atoms with Crippen molar-refractivity contribution in [2.75, 3.05) is 0 Å². The second-order valence-electron chi connectivity index (χ2n) is 5.91. The first-order valence-electron chi connectivity index (χ1n) is 6.62. The second-order valence-corrected chi connectivity index (χ2v) is 5.91. The molecule has 4 N–H and O–H groups in total. The van der Waals surface area contributed by atoms with E-state index >= 15 is 0 Å². The van der Waals surface area contributed by atoms with E-state index in [2.05, 4.69) is 45.4 Å². The minimum Gasteiger partial charge on any atom is -0.334 e. The molecule has 0 aliphatic heterocycles. The van der Waals surface area contributed by atoms with Gasteiger partial charge in [0.15, 0.2) is 0 Å². The van der Waals surface area contributed by atoms with Gasteiger partial charge in [-0.3, -0.25) is 5.43 Å². The van der Waals surface area contributed by atoms with Gasteiger partial charge in [-0.1, -0.05) is 34.6 Å². The van der Waals surface area contributed by atoms with Gasteiger partial charge in [0.25, 0.3) is 0 Å². The average Bonchev–Trinajstić information content (AvgIpc) is 2.14. The summed E-state index contributed by atoms with van der Waals surface area (Å²) in [7, 11) is 0. The number of hydrazine groups is 1. The van der Waals surface area contributed by atoms with Crippen molar-refractivity contribution < 1.29 is 4.79 Å². The summed E-state index contributed by atoms with van der Waals surface area (Å²) >= 11 is 0. The highest BCUT2D eigenvalue weighted by Crippen LogP contribution is 2.19. The number of hydrogen-bond donors (Lipinski definition) is 3. The molecule has 4 nitrogen and oxygen atoms in total. The van der Waals surface area contributed by atoms with E-state index in [-0.39, 0.29) is 12.1 Å². The highest BCUT2D eigenvalue weighted by Gasteiger charge is 2.17. The zero-order chi connectivity index (χ0) is 13.4. The second kappa shape index (κ2) is 8.34. The van der Waals surface area contributed by atoms with Crippen LogP contribution in [0.15, 0.2) is 0 Å². The van der Waals surface area contributed by atoms with E-state index in [4.69, 9.17) is 5.84 Å². The van der Waals surface area contributed by atoms with Gasteiger partial charge in [0.2, 0.25) is 0 Å². The monoisotopic (exact) mass is 243 g/mol. The van der Waals surface area contributed by atoms with Gasteiger partial charge in [-0.15, -0.1) is 0 Å². The Kier molecular flexibility index (Phi) is 7.96. The van der Waals surface area contributed by atoms with Gasteiger partial charge in [-0.25, -0.2) is 10.6 Å². The Labute approximate surface area is 106 Å². The lowest BCUT2D eigenvalue weighted by atomic mass is 9.89. The largest absolute Gasteiger partial charge is 0.334 e. The van der Waals surface area contributed by atoms with Crippen molar-refractivity contribution in [3.8, 4) is 0 Å². The molecule has 0 radical (unpaired) electrons. The molecule has 4 heteroatoms. The molecule has 0 aromatic rings. The predicted molar refractivity (Wildman–Crippen MR) is 72.3 cm³/mol. The molecular weight excluding hydrogens is 214 g/mol. The summed E-state index contributed by atoms with van der Waals surface area (Å²) < 4.78 is 0. The van der Waals surface area contributed by atoms with Crippen LogP contribution < -0.4 is 16.6 Å². The van der Waals surface area contributed by atoms with Crippen molar-refractivity contribution >= 4 is 6.03 Å². The number of hydrogen-bond acceptors (Lipinski definition) is 2. The third-order valence-corrected chi connectivity index (χ3v) is 2.78. The minimum absolute atomic E-state index is 0.215. The highest BCUT2D eigenvalue weighted by molar-refractivity contribution is 5.73. The smallest absolute Gasteiger partial charge is 0.329 e. The first kappa shape index (κ1) is 16.2. The number of amides is 2. The molecule has 0 aliphatic rings. The SMILES string of the molecule is CC(C)CC(C)CC(CC(C)C)NC(=O)NN. The Bertz CT molecular complexity index is 217. The molecule has 2 atom stereocenters. The number of nitrogens with two attached hydrogens (primary N) is 1. The molecule has 0 saturated heterocycles. The van der Waals surface area contributed by atoms with Crippen molar-refractivity contribution in [1.82, 2.24) is 10.7 Å². The average molecular weight is 243 g/mol. The molecule has 0 bridgehead atoms. The number of nitrogens with one attached hydrogen (secondary N) is 2. The molecule has 0 aliphatic carbocycles. The molecule has 0 fully saturated rings. The van der Waals surface area contributed by atoms with Crippen LogP contribution in [0.2, 0.25) is 0 Å². The summed E-state index contributed by atoms with van der Waals surface area (Å²) in [5.74, 6) is 7.00. The summed E-state index contributed by atoms with van der Waals surface area (Å²) in [6.07, 6.45) is 3.21. The fourth-order valence-electron chi connectivity index (χ4n) is 2.40.